The quantitative estimate of drug-likeness (QED) is 0.751. The largest absolute Gasteiger partial charge is 0.502 e. The molecule has 0 aliphatic heterocycles. The third-order valence-corrected chi connectivity index (χ3v) is 3.49. The van der Waals surface area contributed by atoms with Gasteiger partial charge in [0.15, 0.2) is 11.5 Å². The average Bonchev–Trinajstić information content (AvgIpc) is 2.58. The van der Waals surface area contributed by atoms with Gasteiger partial charge in [-0.05, 0) is 30.5 Å². The summed E-state index contributed by atoms with van der Waals surface area (Å²) in [7, 11) is 1.53. The smallest absolute Gasteiger partial charge is 0.201 e. The number of rotatable bonds is 7. The topological polar surface area (TPSA) is 38.7 Å². The lowest BCUT2D eigenvalue weighted by Gasteiger charge is -2.17. The van der Waals surface area contributed by atoms with E-state index >= 15 is 0 Å². The first-order valence-corrected chi connectivity index (χ1v) is 7.54. The highest BCUT2D eigenvalue weighted by molar-refractivity contribution is 5.69. The number of benzene rings is 2. The Hall–Kier alpha value is -2.68. The second-order valence-corrected chi connectivity index (χ2v) is 5.10. The van der Waals surface area contributed by atoms with Crippen LogP contribution in [0, 0.1) is 0 Å². The van der Waals surface area contributed by atoms with Crippen LogP contribution in [0.3, 0.4) is 0 Å². The molecule has 0 heterocycles. The molecule has 0 amide bonds. The first kappa shape index (κ1) is 16.7. The number of ether oxygens (including phenoxy) is 2. The van der Waals surface area contributed by atoms with E-state index in [-0.39, 0.29) is 5.75 Å². The van der Waals surface area contributed by atoms with Crippen molar-refractivity contribution in [3.63, 3.8) is 0 Å². The molecule has 0 saturated heterocycles. The molecule has 0 spiro atoms. The SMILES string of the molecule is C=CCc1cc(OC)c(O)c(OCc2ccccc2)c1C=CC. The van der Waals surface area contributed by atoms with Gasteiger partial charge in [0.25, 0.3) is 0 Å². The fraction of sp³-hybridized carbons (Fsp3) is 0.200. The maximum atomic E-state index is 10.5. The maximum absolute atomic E-state index is 10.5. The van der Waals surface area contributed by atoms with Crippen LogP contribution in [0.25, 0.3) is 6.08 Å². The van der Waals surface area contributed by atoms with Crippen LogP contribution in [0.5, 0.6) is 17.2 Å². The van der Waals surface area contributed by atoms with Gasteiger partial charge in [0.2, 0.25) is 5.75 Å². The highest BCUT2D eigenvalue weighted by atomic mass is 16.5. The Labute approximate surface area is 137 Å². The summed E-state index contributed by atoms with van der Waals surface area (Å²) >= 11 is 0. The molecule has 3 heteroatoms. The van der Waals surface area contributed by atoms with Crippen molar-refractivity contribution in [1.29, 1.82) is 0 Å². The molecule has 0 saturated carbocycles. The van der Waals surface area contributed by atoms with Crippen LogP contribution in [-0.2, 0) is 13.0 Å². The third kappa shape index (κ3) is 3.95. The third-order valence-electron chi connectivity index (χ3n) is 3.49. The molecule has 0 aliphatic rings. The van der Waals surface area contributed by atoms with E-state index in [1.165, 1.54) is 7.11 Å². The predicted molar refractivity (Wildman–Crippen MR) is 94.0 cm³/mol. The van der Waals surface area contributed by atoms with E-state index in [2.05, 4.69) is 6.58 Å². The molecule has 2 rings (SSSR count). The summed E-state index contributed by atoms with van der Waals surface area (Å²) in [6.07, 6.45) is 6.33. The molecule has 3 nitrogen and oxygen atoms in total. The zero-order valence-corrected chi connectivity index (χ0v) is 13.6. The van der Waals surface area contributed by atoms with Crippen molar-refractivity contribution < 1.29 is 14.6 Å². The minimum Gasteiger partial charge on any atom is -0.502 e. The Morgan fingerprint density at radius 1 is 1.22 bits per heavy atom. The summed E-state index contributed by atoms with van der Waals surface area (Å²) in [6, 6.07) is 11.7. The van der Waals surface area contributed by atoms with Crippen LogP contribution in [0.1, 0.15) is 23.6 Å². The molecular formula is C20H22O3. The molecule has 0 unspecified atom stereocenters. The van der Waals surface area contributed by atoms with Gasteiger partial charge in [0.05, 0.1) is 7.11 Å². The second-order valence-electron chi connectivity index (χ2n) is 5.10. The van der Waals surface area contributed by atoms with Crippen molar-refractivity contribution in [2.45, 2.75) is 20.0 Å². The van der Waals surface area contributed by atoms with Crippen molar-refractivity contribution in [1.82, 2.24) is 0 Å². The van der Waals surface area contributed by atoms with Crippen LogP contribution in [-0.4, -0.2) is 12.2 Å². The molecule has 120 valence electrons. The van der Waals surface area contributed by atoms with E-state index in [9.17, 15) is 5.11 Å². The Morgan fingerprint density at radius 2 is 1.96 bits per heavy atom. The lowest BCUT2D eigenvalue weighted by molar-refractivity contribution is 0.280. The van der Waals surface area contributed by atoms with Gasteiger partial charge in [0, 0.05) is 5.56 Å². The zero-order chi connectivity index (χ0) is 16.7. The highest BCUT2D eigenvalue weighted by Gasteiger charge is 2.18. The number of aromatic hydroxyl groups is 1. The molecule has 0 radical (unpaired) electrons. The summed E-state index contributed by atoms with van der Waals surface area (Å²) < 4.78 is 11.2. The number of phenolic OH excluding ortho intramolecular Hbond substituents is 1. The van der Waals surface area contributed by atoms with E-state index in [0.717, 1.165) is 16.7 Å². The van der Waals surface area contributed by atoms with Gasteiger partial charge in [-0.3, -0.25) is 0 Å². The minimum absolute atomic E-state index is 0.0179. The lowest BCUT2D eigenvalue weighted by atomic mass is 10.0. The normalized spacial score (nSPS) is 10.7. The molecule has 1 N–H and O–H groups in total. The van der Waals surface area contributed by atoms with Crippen LogP contribution >= 0.6 is 0 Å². The van der Waals surface area contributed by atoms with Gasteiger partial charge >= 0.3 is 0 Å². The first-order chi connectivity index (χ1) is 11.2. The Morgan fingerprint density at radius 3 is 2.57 bits per heavy atom. The molecule has 0 atom stereocenters. The van der Waals surface area contributed by atoms with Crippen LogP contribution < -0.4 is 9.47 Å². The van der Waals surface area contributed by atoms with E-state index in [0.29, 0.717) is 24.5 Å². The number of hydrogen-bond acceptors (Lipinski definition) is 3. The van der Waals surface area contributed by atoms with Crippen molar-refractivity contribution in [2.75, 3.05) is 7.11 Å². The Kier molecular flexibility index (Phi) is 5.87. The van der Waals surface area contributed by atoms with Gasteiger partial charge in [-0.1, -0.05) is 48.6 Å². The number of allylic oxidation sites excluding steroid dienone is 2. The fourth-order valence-corrected chi connectivity index (χ4v) is 2.39. The molecule has 2 aromatic carbocycles. The summed E-state index contributed by atoms with van der Waals surface area (Å²) in [5.41, 5.74) is 2.88. The first-order valence-electron chi connectivity index (χ1n) is 7.54. The van der Waals surface area contributed by atoms with Gasteiger partial charge < -0.3 is 14.6 Å². The average molecular weight is 310 g/mol. The second kappa shape index (κ2) is 8.08. The van der Waals surface area contributed by atoms with Crippen LogP contribution in [0.15, 0.2) is 55.1 Å². The lowest BCUT2D eigenvalue weighted by Crippen LogP contribution is -2.01. The maximum Gasteiger partial charge on any atom is 0.201 e. The number of hydrogen-bond donors (Lipinski definition) is 1. The van der Waals surface area contributed by atoms with Crippen molar-refractivity contribution >= 4 is 6.08 Å². The van der Waals surface area contributed by atoms with E-state index in [1.54, 1.807) is 0 Å². The summed E-state index contributed by atoms with van der Waals surface area (Å²) in [4.78, 5) is 0. The van der Waals surface area contributed by atoms with Crippen LogP contribution in [0.4, 0.5) is 0 Å². The minimum atomic E-state index is 0.0179. The Bertz CT molecular complexity index is 688. The monoisotopic (exact) mass is 310 g/mol. The molecular weight excluding hydrogens is 288 g/mol. The van der Waals surface area contributed by atoms with E-state index in [1.807, 2.05) is 61.5 Å². The number of phenols is 1. The van der Waals surface area contributed by atoms with E-state index in [4.69, 9.17) is 9.47 Å². The van der Waals surface area contributed by atoms with Gasteiger partial charge in [0.1, 0.15) is 6.61 Å². The summed E-state index contributed by atoms with van der Waals surface area (Å²) in [6.45, 7) is 6.10. The molecule has 0 fully saturated rings. The summed E-state index contributed by atoms with van der Waals surface area (Å²) in [5.74, 6) is 0.852. The molecule has 23 heavy (non-hydrogen) atoms. The van der Waals surface area contributed by atoms with Gasteiger partial charge in [-0.25, -0.2) is 0 Å². The fourth-order valence-electron chi connectivity index (χ4n) is 2.39. The molecule has 0 bridgehead atoms. The van der Waals surface area contributed by atoms with E-state index < -0.39 is 0 Å². The summed E-state index contributed by atoms with van der Waals surface area (Å²) in [5, 5.41) is 10.5. The van der Waals surface area contributed by atoms with Gasteiger partial charge in [-0.2, -0.15) is 0 Å². The van der Waals surface area contributed by atoms with Gasteiger partial charge in [-0.15, -0.1) is 6.58 Å². The molecule has 0 aliphatic carbocycles. The standard InChI is InChI=1S/C20H22O3/c1-4-9-16-13-18(22-3)19(21)20(17(16)10-5-2)23-14-15-11-7-6-8-12-15/h4-8,10-13,21H,1,9,14H2,2-3H3. The molecule has 0 aromatic heterocycles. The zero-order valence-electron chi connectivity index (χ0n) is 13.6. The van der Waals surface area contributed by atoms with Crippen molar-refractivity contribution in [2.24, 2.45) is 0 Å². The highest BCUT2D eigenvalue weighted by Crippen LogP contribution is 2.42. The number of methoxy groups -OCH3 is 1. The Balaban J connectivity index is 2.45. The van der Waals surface area contributed by atoms with Crippen molar-refractivity contribution in [3.8, 4) is 17.2 Å². The molecule has 2 aromatic rings. The van der Waals surface area contributed by atoms with Crippen LogP contribution in [0.2, 0.25) is 0 Å². The van der Waals surface area contributed by atoms with Crippen molar-refractivity contribution in [3.05, 3.63) is 71.8 Å². The predicted octanol–water partition coefficient (Wildman–Crippen LogP) is 4.74.